The summed E-state index contributed by atoms with van der Waals surface area (Å²) in [5.41, 5.74) is 3.85. The van der Waals surface area contributed by atoms with E-state index >= 15 is 0 Å². The second kappa shape index (κ2) is 9.95. The summed E-state index contributed by atoms with van der Waals surface area (Å²) in [7, 11) is 4.93. The van der Waals surface area contributed by atoms with Gasteiger partial charge in [0.05, 0.1) is 17.7 Å². The average Bonchev–Trinajstić information content (AvgIpc) is 3.43. The summed E-state index contributed by atoms with van der Waals surface area (Å²) in [4.78, 5) is 38.9. The number of amides is 1. The summed E-state index contributed by atoms with van der Waals surface area (Å²) in [5.74, 6) is -0.440. The van der Waals surface area contributed by atoms with Crippen LogP contribution in [0.15, 0.2) is 75.9 Å². The first-order valence-corrected chi connectivity index (χ1v) is 13.0. The molecule has 0 spiro atoms. The van der Waals surface area contributed by atoms with Crippen molar-refractivity contribution in [3.8, 4) is 23.4 Å². The number of aromatic hydroxyl groups is 1. The van der Waals surface area contributed by atoms with E-state index in [1.807, 2.05) is 41.3 Å². The molecule has 204 valence electrons. The number of anilines is 1. The molecule has 1 aliphatic heterocycles. The number of oxazole rings is 1. The lowest BCUT2D eigenvalue weighted by Crippen LogP contribution is -2.40. The molecule has 10 heteroatoms. The third kappa shape index (κ3) is 4.28. The second-order valence-electron chi connectivity index (χ2n) is 10.1. The van der Waals surface area contributed by atoms with Gasteiger partial charge in [0, 0.05) is 33.3 Å². The topological polar surface area (TPSA) is 128 Å². The van der Waals surface area contributed by atoms with Crippen LogP contribution in [0, 0.1) is 11.3 Å². The molecule has 1 amide bonds. The van der Waals surface area contributed by atoms with E-state index in [0.717, 1.165) is 11.1 Å². The van der Waals surface area contributed by atoms with Crippen molar-refractivity contribution in [3.05, 3.63) is 105 Å². The molecule has 5 aromatic rings. The molecule has 0 radical (unpaired) electrons. The van der Waals surface area contributed by atoms with E-state index < -0.39 is 17.4 Å². The molecule has 3 aromatic carbocycles. The lowest BCUT2D eigenvalue weighted by atomic mass is 9.85. The van der Waals surface area contributed by atoms with Crippen molar-refractivity contribution in [1.29, 1.82) is 5.26 Å². The van der Waals surface area contributed by atoms with Crippen LogP contribution in [0.4, 0.5) is 5.95 Å². The van der Waals surface area contributed by atoms with Crippen molar-refractivity contribution in [2.24, 2.45) is 7.05 Å². The summed E-state index contributed by atoms with van der Waals surface area (Å²) in [6, 6.07) is 21.7. The first kappa shape index (κ1) is 25.8. The molecule has 10 nitrogen and oxygen atoms in total. The number of carbonyl (C=O) groups excluding carboxylic acids is 1. The minimum atomic E-state index is -0.665. The highest BCUT2D eigenvalue weighted by molar-refractivity contribution is 5.94. The first-order valence-electron chi connectivity index (χ1n) is 13.0. The van der Waals surface area contributed by atoms with Gasteiger partial charge in [-0.15, -0.1) is 0 Å². The number of hydrogen-bond acceptors (Lipinski definition) is 8. The number of nitrogens with zero attached hydrogens (tertiary/aromatic N) is 6. The van der Waals surface area contributed by atoms with Crippen molar-refractivity contribution < 1.29 is 14.3 Å². The molecule has 0 saturated carbocycles. The molecular formula is C31H26N6O4. The molecule has 1 atom stereocenters. The number of para-hydroxylation sites is 2. The van der Waals surface area contributed by atoms with Crippen molar-refractivity contribution in [3.63, 3.8) is 0 Å². The quantitative estimate of drug-likeness (QED) is 0.358. The number of benzene rings is 3. The van der Waals surface area contributed by atoms with Crippen molar-refractivity contribution in [1.82, 2.24) is 19.4 Å². The van der Waals surface area contributed by atoms with E-state index in [0.29, 0.717) is 40.8 Å². The fourth-order valence-corrected chi connectivity index (χ4v) is 5.35. The Hall–Kier alpha value is -5.43. The molecule has 2 aromatic heterocycles. The smallest absolute Gasteiger partial charge is 0.297 e. The van der Waals surface area contributed by atoms with E-state index in [1.54, 1.807) is 44.4 Å². The van der Waals surface area contributed by atoms with Gasteiger partial charge in [-0.05, 0) is 53.4 Å². The standard InChI is InChI=1S/C31H26N6O4/c1-35(2)29(39)19-13-12-18-14-15-37(26(22(18)16-19)21-9-5-4-8-20(21)17-32)31-34-25(27(38)30(40)36(31)3)28-33-23-10-6-7-11-24(23)41-28/h4-13,16,26,38H,14-15H2,1-3H3/t26-/m0/s1. The second-order valence-corrected chi connectivity index (χ2v) is 10.1. The Balaban J connectivity index is 1.58. The number of hydrogen-bond donors (Lipinski definition) is 1. The predicted molar refractivity (Wildman–Crippen MR) is 153 cm³/mol. The third-order valence-electron chi connectivity index (χ3n) is 7.40. The van der Waals surface area contributed by atoms with Gasteiger partial charge in [-0.1, -0.05) is 36.4 Å². The van der Waals surface area contributed by atoms with Gasteiger partial charge in [0.1, 0.15) is 5.52 Å². The Labute approximate surface area is 235 Å². The van der Waals surface area contributed by atoms with E-state index in [-0.39, 0.29) is 23.4 Å². The lowest BCUT2D eigenvalue weighted by Gasteiger charge is -2.39. The fraction of sp³-hybridized carbons (Fsp3) is 0.194. The molecule has 41 heavy (non-hydrogen) atoms. The zero-order valence-electron chi connectivity index (χ0n) is 22.7. The van der Waals surface area contributed by atoms with Gasteiger partial charge in [-0.3, -0.25) is 14.2 Å². The number of rotatable bonds is 4. The Kier molecular flexibility index (Phi) is 6.27. The first-order chi connectivity index (χ1) is 19.8. The highest BCUT2D eigenvalue weighted by atomic mass is 16.4. The van der Waals surface area contributed by atoms with E-state index in [4.69, 9.17) is 9.40 Å². The maximum absolute atomic E-state index is 13.3. The van der Waals surface area contributed by atoms with Gasteiger partial charge >= 0.3 is 0 Å². The maximum atomic E-state index is 13.3. The van der Waals surface area contributed by atoms with E-state index in [9.17, 15) is 20.0 Å². The Morgan fingerprint density at radius 3 is 2.59 bits per heavy atom. The summed E-state index contributed by atoms with van der Waals surface area (Å²) in [6.07, 6.45) is 0.603. The van der Waals surface area contributed by atoms with Crippen LogP contribution in [0.5, 0.6) is 5.75 Å². The van der Waals surface area contributed by atoms with Crippen molar-refractivity contribution in [2.75, 3.05) is 25.5 Å². The minimum Gasteiger partial charge on any atom is -0.501 e. The Morgan fingerprint density at radius 1 is 1.07 bits per heavy atom. The SMILES string of the molecule is CN(C)C(=O)c1ccc2c(c1)[C@H](c1ccccc1C#N)N(c1nc(-c3nc4ccccc4o3)c(O)c(=O)n1C)CC2. The van der Waals surface area contributed by atoms with Gasteiger partial charge in [-0.25, -0.2) is 9.97 Å². The zero-order valence-corrected chi connectivity index (χ0v) is 22.7. The van der Waals surface area contributed by atoms with Gasteiger partial charge in [-0.2, -0.15) is 5.26 Å². The Bertz CT molecular complexity index is 1900. The number of nitriles is 1. The van der Waals surface area contributed by atoms with Gasteiger partial charge in [0.2, 0.25) is 11.7 Å². The van der Waals surface area contributed by atoms with Crippen LogP contribution in [0.1, 0.15) is 38.7 Å². The highest BCUT2D eigenvalue weighted by Gasteiger charge is 2.35. The summed E-state index contributed by atoms with van der Waals surface area (Å²) < 4.78 is 7.14. The summed E-state index contributed by atoms with van der Waals surface area (Å²) in [5, 5.41) is 20.9. The molecular weight excluding hydrogens is 520 g/mol. The summed E-state index contributed by atoms with van der Waals surface area (Å²) in [6.45, 7) is 0.455. The molecule has 3 heterocycles. The molecule has 0 bridgehead atoms. The number of fused-ring (bicyclic) bond motifs is 2. The monoisotopic (exact) mass is 546 g/mol. The molecule has 0 aliphatic carbocycles. The highest BCUT2D eigenvalue weighted by Crippen LogP contribution is 2.40. The van der Waals surface area contributed by atoms with Crippen LogP contribution in [-0.4, -0.2) is 51.1 Å². The number of carbonyl (C=O) groups is 1. The lowest BCUT2D eigenvalue weighted by molar-refractivity contribution is 0.0827. The molecule has 1 N–H and O–H groups in total. The average molecular weight is 547 g/mol. The minimum absolute atomic E-state index is 0.0212. The normalized spacial score (nSPS) is 14.5. The van der Waals surface area contributed by atoms with E-state index in [2.05, 4.69) is 11.1 Å². The van der Waals surface area contributed by atoms with Crippen LogP contribution >= 0.6 is 0 Å². The molecule has 0 fully saturated rings. The van der Waals surface area contributed by atoms with Gasteiger partial charge < -0.3 is 19.3 Å². The third-order valence-corrected chi connectivity index (χ3v) is 7.40. The largest absolute Gasteiger partial charge is 0.501 e. The van der Waals surface area contributed by atoms with Crippen LogP contribution in [0.25, 0.3) is 22.7 Å². The van der Waals surface area contributed by atoms with Gasteiger partial charge in [0.15, 0.2) is 11.3 Å². The summed E-state index contributed by atoms with van der Waals surface area (Å²) >= 11 is 0. The van der Waals surface area contributed by atoms with Crippen LogP contribution in [0.3, 0.4) is 0 Å². The number of aromatic nitrogens is 3. The van der Waals surface area contributed by atoms with Crippen LogP contribution in [-0.2, 0) is 13.5 Å². The fourth-order valence-electron chi connectivity index (χ4n) is 5.35. The molecule has 0 unspecified atom stereocenters. The maximum Gasteiger partial charge on any atom is 0.297 e. The van der Waals surface area contributed by atoms with Crippen LogP contribution in [0.2, 0.25) is 0 Å². The molecule has 1 aliphatic rings. The predicted octanol–water partition coefficient (Wildman–Crippen LogP) is 4.02. The Morgan fingerprint density at radius 2 is 1.83 bits per heavy atom. The van der Waals surface area contributed by atoms with Crippen LogP contribution < -0.4 is 10.5 Å². The van der Waals surface area contributed by atoms with Gasteiger partial charge in [0.25, 0.3) is 17.4 Å². The molecule has 0 saturated heterocycles. The van der Waals surface area contributed by atoms with E-state index in [1.165, 1.54) is 16.5 Å². The van der Waals surface area contributed by atoms with Crippen molar-refractivity contribution >= 4 is 23.0 Å². The molecule has 6 rings (SSSR count). The van der Waals surface area contributed by atoms with Crippen molar-refractivity contribution in [2.45, 2.75) is 12.5 Å². The zero-order chi connectivity index (χ0) is 28.8.